The SMILES string of the molecule is CC1CCC(C)N(Cc2cccc(Cl)n2)C1. The van der Waals surface area contributed by atoms with Gasteiger partial charge in [0.2, 0.25) is 0 Å². The van der Waals surface area contributed by atoms with Gasteiger partial charge in [0.15, 0.2) is 0 Å². The molecule has 1 aromatic rings. The van der Waals surface area contributed by atoms with E-state index in [0.717, 1.165) is 18.2 Å². The van der Waals surface area contributed by atoms with Crippen LogP contribution in [0.15, 0.2) is 18.2 Å². The van der Waals surface area contributed by atoms with Crippen LogP contribution in [0.25, 0.3) is 0 Å². The maximum Gasteiger partial charge on any atom is 0.129 e. The van der Waals surface area contributed by atoms with E-state index >= 15 is 0 Å². The Kier molecular flexibility index (Phi) is 3.82. The highest BCUT2D eigenvalue weighted by atomic mass is 35.5. The zero-order valence-corrected chi connectivity index (χ0v) is 10.7. The van der Waals surface area contributed by atoms with Crippen molar-refractivity contribution >= 4 is 11.6 Å². The maximum atomic E-state index is 5.90. The Hall–Kier alpha value is -0.600. The fourth-order valence-electron chi connectivity index (χ4n) is 2.35. The van der Waals surface area contributed by atoms with Gasteiger partial charge in [0, 0.05) is 19.1 Å². The standard InChI is InChI=1S/C13H19ClN2/c1-10-6-7-11(2)16(8-10)9-12-4-3-5-13(14)15-12/h3-5,10-11H,6-9H2,1-2H3. The number of hydrogen-bond acceptors (Lipinski definition) is 2. The molecule has 0 N–H and O–H groups in total. The average molecular weight is 239 g/mol. The molecule has 1 aliphatic heterocycles. The first-order valence-corrected chi connectivity index (χ1v) is 6.38. The minimum atomic E-state index is 0.593. The lowest BCUT2D eigenvalue weighted by Crippen LogP contribution is -2.40. The number of piperidine rings is 1. The van der Waals surface area contributed by atoms with Gasteiger partial charge in [-0.15, -0.1) is 0 Å². The number of likely N-dealkylation sites (tertiary alicyclic amines) is 1. The molecule has 0 aliphatic carbocycles. The molecule has 2 heterocycles. The van der Waals surface area contributed by atoms with Crippen molar-refractivity contribution in [1.29, 1.82) is 0 Å². The predicted octanol–water partition coefficient (Wildman–Crippen LogP) is 3.36. The first-order valence-electron chi connectivity index (χ1n) is 6.00. The van der Waals surface area contributed by atoms with Crippen LogP contribution in [0.2, 0.25) is 5.15 Å². The van der Waals surface area contributed by atoms with Crippen LogP contribution >= 0.6 is 11.6 Å². The molecular weight excluding hydrogens is 220 g/mol. The fourth-order valence-corrected chi connectivity index (χ4v) is 2.53. The molecule has 1 fully saturated rings. The molecule has 2 unspecified atom stereocenters. The molecular formula is C13H19ClN2. The van der Waals surface area contributed by atoms with Crippen LogP contribution in [0, 0.1) is 5.92 Å². The fraction of sp³-hybridized carbons (Fsp3) is 0.615. The Labute approximate surface area is 103 Å². The maximum absolute atomic E-state index is 5.90. The highest BCUT2D eigenvalue weighted by Crippen LogP contribution is 2.22. The number of rotatable bonds is 2. The molecule has 88 valence electrons. The molecule has 0 bridgehead atoms. The molecule has 16 heavy (non-hydrogen) atoms. The van der Waals surface area contributed by atoms with Crippen molar-refractivity contribution in [3.8, 4) is 0 Å². The van der Waals surface area contributed by atoms with Crippen LogP contribution in [0.1, 0.15) is 32.4 Å². The van der Waals surface area contributed by atoms with E-state index in [1.165, 1.54) is 19.4 Å². The summed E-state index contributed by atoms with van der Waals surface area (Å²) in [6, 6.07) is 6.52. The van der Waals surface area contributed by atoms with Crippen molar-refractivity contribution in [2.75, 3.05) is 6.54 Å². The zero-order valence-electron chi connectivity index (χ0n) is 9.99. The van der Waals surface area contributed by atoms with E-state index in [1.807, 2.05) is 12.1 Å². The van der Waals surface area contributed by atoms with E-state index in [4.69, 9.17) is 11.6 Å². The summed E-state index contributed by atoms with van der Waals surface area (Å²) in [7, 11) is 0. The van der Waals surface area contributed by atoms with E-state index in [9.17, 15) is 0 Å². The topological polar surface area (TPSA) is 16.1 Å². The van der Waals surface area contributed by atoms with Crippen molar-refractivity contribution in [2.45, 2.75) is 39.3 Å². The second kappa shape index (κ2) is 5.15. The van der Waals surface area contributed by atoms with Gasteiger partial charge in [-0.25, -0.2) is 4.98 Å². The third-order valence-electron chi connectivity index (χ3n) is 3.38. The van der Waals surface area contributed by atoms with Crippen molar-refractivity contribution in [2.24, 2.45) is 5.92 Å². The second-order valence-electron chi connectivity index (χ2n) is 4.91. The normalized spacial score (nSPS) is 26.9. The Morgan fingerprint density at radius 1 is 1.38 bits per heavy atom. The van der Waals surface area contributed by atoms with Crippen molar-refractivity contribution < 1.29 is 0 Å². The lowest BCUT2D eigenvalue weighted by molar-refractivity contribution is 0.116. The van der Waals surface area contributed by atoms with Gasteiger partial charge in [-0.3, -0.25) is 4.90 Å². The Balaban J connectivity index is 2.02. The first kappa shape index (κ1) is 11.9. The van der Waals surface area contributed by atoms with E-state index < -0.39 is 0 Å². The van der Waals surface area contributed by atoms with Gasteiger partial charge in [-0.2, -0.15) is 0 Å². The third kappa shape index (κ3) is 2.96. The van der Waals surface area contributed by atoms with E-state index in [1.54, 1.807) is 0 Å². The van der Waals surface area contributed by atoms with E-state index in [-0.39, 0.29) is 0 Å². The molecule has 2 atom stereocenters. The summed E-state index contributed by atoms with van der Waals surface area (Å²) >= 11 is 5.90. The Morgan fingerprint density at radius 2 is 2.19 bits per heavy atom. The number of hydrogen-bond donors (Lipinski definition) is 0. The molecule has 0 spiro atoms. The zero-order chi connectivity index (χ0) is 11.5. The minimum absolute atomic E-state index is 0.593. The number of pyridine rings is 1. The predicted molar refractivity (Wildman–Crippen MR) is 67.5 cm³/mol. The first-order chi connectivity index (χ1) is 7.65. The lowest BCUT2D eigenvalue weighted by atomic mass is 9.95. The summed E-state index contributed by atoms with van der Waals surface area (Å²) in [5, 5.41) is 0.593. The smallest absolute Gasteiger partial charge is 0.129 e. The monoisotopic (exact) mass is 238 g/mol. The van der Waals surface area contributed by atoms with Gasteiger partial charge in [0.25, 0.3) is 0 Å². The van der Waals surface area contributed by atoms with Gasteiger partial charge in [0.1, 0.15) is 5.15 Å². The molecule has 2 rings (SSSR count). The van der Waals surface area contributed by atoms with Gasteiger partial charge < -0.3 is 0 Å². The van der Waals surface area contributed by atoms with Gasteiger partial charge in [-0.1, -0.05) is 24.6 Å². The average Bonchev–Trinajstić information content (AvgIpc) is 2.24. The summed E-state index contributed by atoms with van der Waals surface area (Å²) in [6.07, 6.45) is 2.64. The minimum Gasteiger partial charge on any atom is -0.295 e. The van der Waals surface area contributed by atoms with Crippen LogP contribution in [0.4, 0.5) is 0 Å². The van der Waals surface area contributed by atoms with E-state index in [0.29, 0.717) is 11.2 Å². The molecule has 0 radical (unpaired) electrons. The molecule has 3 heteroatoms. The molecule has 2 nitrogen and oxygen atoms in total. The quantitative estimate of drug-likeness (QED) is 0.735. The highest BCUT2D eigenvalue weighted by molar-refractivity contribution is 6.29. The van der Waals surface area contributed by atoms with Gasteiger partial charge in [0.05, 0.1) is 5.69 Å². The molecule has 0 saturated carbocycles. The Bertz CT molecular complexity index is 354. The largest absolute Gasteiger partial charge is 0.295 e. The third-order valence-corrected chi connectivity index (χ3v) is 3.60. The summed E-state index contributed by atoms with van der Waals surface area (Å²) < 4.78 is 0. The molecule has 1 aliphatic rings. The summed E-state index contributed by atoms with van der Waals surface area (Å²) in [4.78, 5) is 6.86. The number of aromatic nitrogens is 1. The van der Waals surface area contributed by atoms with Crippen LogP contribution in [-0.2, 0) is 6.54 Å². The van der Waals surface area contributed by atoms with Crippen LogP contribution in [0.3, 0.4) is 0 Å². The molecule has 1 saturated heterocycles. The Morgan fingerprint density at radius 3 is 2.94 bits per heavy atom. The van der Waals surface area contributed by atoms with Crippen LogP contribution < -0.4 is 0 Å². The second-order valence-corrected chi connectivity index (χ2v) is 5.30. The number of nitrogens with zero attached hydrogens (tertiary/aromatic N) is 2. The molecule has 0 amide bonds. The van der Waals surface area contributed by atoms with Gasteiger partial charge >= 0.3 is 0 Å². The highest BCUT2D eigenvalue weighted by Gasteiger charge is 2.22. The van der Waals surface area contributed by atoms with Crippen LogP contribution in [0.5, 0.6) is 0 Å². The summed E-state index contributed by atoms with van der Waals surface area (Å²) in [6.45, 7) is 6.72. The van der Waals surface area contributed by atoms with E-state index in [2.05, 4.69) is 29.8 Å². The van der Waals surface area contributed by atoms with Crippen molar-refractivity contribution in [1.82, 2.24) is 9.88 Å². The van der Waals surface area contributed by atoms with Crippen LogP contribution in [-0.4, -0.2) is 22.5 Å². The van der Waals surface area contributed by atoms with Crippen molar-refractivity contribution in [3.05, 3.63) is 29.0 Å². The summed E-state index contributed by atoms with van der Waals surface area (Å²) in [5.74, 6) is 0.801. The van der Waals surface area contributed by atoms with Crippen molar-refractivity contribution in [3.63, 3.8) is 0 Å². The lowest BCUT2D eigenvalue weighted by Gasteiger charge is -2.36. The molecule has 0 aromatic carbocycles. The molecule has 1 aromatic heterocycles. The van der Waals surface area contributed by atoms with Gasteiger partial charge in [-0.05, 0) is 37.8 Å². The number of halogens is 1. The summed E-state index contributed by atoms with van der Waals surface area (Å²) in [5.41, 5.74) is 1.08.